The molecule has 0 fully saturated rings. The molecule has 1 N–H and O–H groups in total. The van der Waals surface area contributed by atoms with Gasteiger partial charge in [0, 0.05) is 19.8 Å². The Morgan fingerprint density at radius 1 is 1.00 bits per heavy atom. The Labute approximate surface area is 95.0 Å². The monoisotopic (exact) mass is 216 g/mol. The number of aliphatic hydroxyl groups is 1. The second kappa shape index (κ2) is 9.17. The van der Waals surface area contributed by atoms with Crippen LogP contribution in [0, 0.1) is 17.8 Å². The van der Waals surface area contributed by atoms with E-state index in [-0.39, 0.29) is 6.61 Å². The van der Waals surface area contributed by atoms with Crippen molar-refractivity contribution >= 4 is 0 Å². The van der Waals surface area contributed by atoms with Crippen molar-refractivity contribution in [3.63, 3.8) is 0 Å². The van der Waals surface area contributed by atoms with Gasteiger partial charge < -0.3 is 9.84 Å². The van der Waals surface area contributed by atoms with Crippen LogP contribution in [0.15, 0.2) is 0 Å². The molecule has 0 radical (unpaired) electrons. The van der Waals surface area contributed by atoms with Gasteiger partial charge in [-0.3, -0.25) is 0 Å². The minimum atomic E-state index is 0.262. The average Bonchev–Trinajstić information content (AvgIpc) is 2.21. The normalized spacial score (nSPS) is 15.6. The first-order chi connectivity index (χ1) is 7.07. The molecule has 92 valence electrons. The summed E-state index contributed by atoms with van der Waals surface area (Å²) in [6.45, 7) is 10.6. The van der Waals surface area contributed by atoms with Crippen LogP contribution < -0.4 is 0 Å². The van der Waals surface area contributed by atoms with Gasteiger partial charge in [0.1, 0.15) is 0 Å². The lowest BCUT2D eigenvalue weighted by atomic mass is 9.98. The molecular weight excluding hydrogens is 188 g/mol. The molecule has 0 rings (SSSR count). The van der Waals surface area contributed by atoms with Crippen LogP contribution in [0.1, 0.15) is 47.0 Å². The Balaban J connectivity index is 3.23. The SMILES string of the molecule is CC(C)CCCCOCC(C)C(C)CO. The van der Waals surface area contributed by atoms with Crippen LogP contribution >= 0.6 is 0 Å². The fraction of sp³-hybridized carbons (Fsp3) is 1.00. The van der Waals surface area contributed by atoms with Crippen LogP contribution in [0.5, 0.6) is 0 Å². The van der Waals surface area contributed by atoms with Gasteiger partial charge in [0.05, 0.1) is 0 Å². The fourth-order valence-corrected chi connectivity index (χ4v) is 1.37. The molecule has 0 aliphatic carbocycles. The predicted octanol–water partition coefficient (Wildman–Crippen LogP) is 3.09. The number of rotatable bonds is 9. The maximum Gasteiger partial charge on any atom is 0.0495 e. The molecule has 0 aromatic heterocycles. The molecular formula is C13H28O2. The highest BCUT2D eigenvalue weighted by Gasteiger charge is 2.10. The van der Waals surface area contributed by atoms with Crippen molar-refractivity contribution in [3.05, 3.63) is 0 Å². The smallest absolute Gasteiger partial charge is 0.0495 e. The third-order valence-electron chi connectivity index (χ3n) is 2.96. The van der Waals surface area contributed by atoms with Crippen molar-refractivity contribution in [2.75, 3.05) is 19.8 Å². The quantitative estimate of drug-likeness (QED) is 0.600. The highest BCUT2D eigenvalue weighted by Crippen LogP contribution is 2.11. The molecule has 0 saturated heterocycles. The molecule has 0 aromatic carbocycles. The molecule has 0 spiro atoms. The maximum atomic E-state index is 8.95. The zero-order valence-electron chi connectivity index (χ0n) is 10.8. The highest BCUT2D eigenvalue weighted by atomic mass is 16.5. The number of unbranched alkanes of at least 4 members (excludes halogenated alkanes) is 1. The van der Waals surface area contributed by atoms with Crippen LogP contribution in [0.25, 0.3) is 0 Å². The van der Waals surface area contributed by atoms with E-state index in [2.05, 4.69) is 27.7 Å². The van der Waals surface area contributed by atoms with Crippen molar-refractivity contribution in [2.45, 2.75) is 47.0 Å². The Bertz CT molecular complexity index is 134. The molecule has 15 heavy (non-hydrogen) atoms. The summed E-state index contributed by atoms with van der Waals surface area (Å²) in [5, 5.41) is 8.95. The van der Waals surface area contributed by atoms with Crippen LogP contribution in [0.3, 0.4) is 0 Å². The van der Waals surface area contributed by atoms with Gasteiger partial charge in [-0.25, -0.2) is 0 Å². The molecule has 0 aliphatic heterocycles. The van der Waals surface area contributed by atoms with Crippen molar-refractivity contribution in [1.29, 1.82) is 0 Å². The zero-order chi connectivity index (χ0) is 11.7. The minimum Gasteiger partial charge on any atom is -0.396 e. The van der Waals surface area contributed by atoms with Crippen LogP contribution in [0.2, 0.25) is 0 Å². The number of aliphatic hydroxyl groups excluding tert-OH is 1. The van der Waals surface area contributed by atoms with Gasteiger partial charge >= 0.3 is 0 Å². The van der Waals surface area contributed by atoms with Gasteiger partial charge in [0.2, 0.25) is 0 Å². The first kappa shape index (κ1) is 14.9. The van der Waals surface area contributed by atoms with Crippen molar-refractivity contribution in [1.82, 2.24) is 0 Å². The summed E-state index contributed by atoms with van der Waals surface area (Å²) in [4.78, 5) is 0. The van der Waals surface area contributed by atoms with E-state index in [9.17, 15) is 0 Å². The molecule has 2 heteroatoms. The van der Waals surface area contributed by atoms with Crippen molar-refractivity contribution in [2.24, 2.45) is 17.8 Å². The third-order valence-corrected chi connectivity index (χ3v) is 2.96. The summed E-state index contributed by atoms with van der Waals surface area (Å²) < 4.78 is 5.59. The maximum absolute atomic E-state index is 8.95. The van der Waals surface area contributed by atoms with E-state index in [0.29, 0.717) is 11.8 Å². The summed E-state index contributed by atoms with van der Waals surface area (Å²) in [7, 11) is 0. The number of hydrogen-bond donors (Lipinski definition) is 1. The second-order valence-electron chi connectivity index (χ2n) is 5.10. The van der Waals surface area contributed by atoms with E-state index in [1.165, 1.54) is 19.3 Å². The Hall–Kier alpha value is -0.0800. The van der Waals surface area contributed by atoms with Gasteiger partial charge in [0.25, 0.3) is 0 Å². The molecule has 0 bridgehead atoms. The zero-order valence-corrected chi connectivity index (χ0v) is 10.8. The Morgan fingerprint density at radius 3 is 2.20 bits per heavy atom. The topological polar surface area (TPSA) is 29.5 Å². The van der Waals surface area contributed by atoms with Gasteiger partial charge in [0.15, 0.2) is 0 Å². The lowest BCUT2D eigenvalue weighted by Crippen LogP contribution is -2.18. The lowest BCUT2D eigenvalue weighted by molar-refractivity contribution is 0.0685. The van der Waals surface area contributed by atoms with Gasteiger partial charge in [-0.05, 0) is 24.2 Å². The van der Waals surface area contributed by atoms with Gasteiger partial charge in [-0.15, -0.1) is 0 Å². The molecule has 2 atom stereocenters. The third kappa shape index (κ3) is 8.88. The van der Waals surface area contributed by atoms with Crippen molar-refractivity contribution < 1.29 is 9.84 Å². The molecule has 2 unspecified atom stereocenters. The van der Waals surface area contributed by atoms with Crippen LogP contribution in [-0.2, 0) is 4.74 Å². The largest absolute Gasteiger partial charge is 0.396 e. The number of ether oxygens (including phenoxy) is 1. The summed E-state index contributed by atoms with van der Waals surface area (Å²) >= 11 is 0. The van der Waals surface area contributed by atoms with E-state index in [0.717, 1.165) is 19.1 Å². The standard InChI is InChI=1S/C13H28O2/c1-11(2)7-5-6-8-15-10-13(4)12(3)9-14/h11-14H,5-10H2,1-4H3. The number of hydrogen-bond acceptors (Lipinski definition) is 2. The van der Waals surface area contributed by atoms with E-state index in [1.54, 1.807) is 0 Å². The summed E-state index contributed by atoms with van der Waals surface area (Å²) in [6.07, 6.45) is 3.73. The highest BCUT2D eigenvalue weighted by molar-refractivity contribution is 4.59. The summed E-state index contributed by atoms with van der Waals surface area (Å²) in [5.41, 5.74) is 0. The fourth-order valence-electron chi connectivity index (χ4n) is 1.37. The lowest BCUT2D eigenvalue weighted by Gasteiger charge is -2.17. The molecule has 0 saturated carbocycles. The molecule has 0 amide bonds. The molecule has 2 nitrogen and oxygen atoms in total. The van der Waals surface area contributed by atoms with E-state index in [1.807, 2.05) is 0 Å². The summed E-state index contributed by atoms with van der Waals surface area (Å²) in [5.74, 6) is 1.61. The van der Waals surface area contributed by atoms with E-state index >= 15 is 0 Å². The van der Waals surface area contributed by atoms with Gasteiger partial charge in [-0.1, -0.05) is 40.5 Å². The van der Waals surface area contributed by atoms with Crippen LogP contribution in [0.4, 0.5) is 0 Å². The van der Waals surface area contributed by atoms with Crippen molar-refractivity contribution in [3.8, 4) is 0 Å². The van der Waals surface area contributed by atoms with E-state index < -0.39 is 0 Å². The Morgan fingerprint density at radius 2 is 1.67 bits per heavy atom. The summed E-state index contributed by atoms with van der Waals surface area (Å²) in [6, 6.07) is 0. The predicted molar refractivity (Wildman–Crippen MR) is 64.9 cm³/mol. The Kier molecular flexibility index (Phi) is 9.12. The average molecular weight is 216 g/mol. The first-order valence-electron chi connectivity index (χ1n) is 6.26. The molecule has 0 heterocycles. The van der Waals surface area contributed by atoms with Gasteiger partial charge in [-0.2, -0.15) is 0 Å². The minimum absolute atomic E-state index is 0.262. The molecule has 0 aromatic rings. The van der Waals surface area contributed by atoms with Crippen LogP contribution in [-0.4, -0.2) is 24.9 Å². The second-order valence-corrected chi connectivity index (χ2v) is 5.10. The first-order valence-corrected chi connectivity index (χ1v) is 6.26. The molecule has 0 aliphatic rings. The van der Waals surface area contributed by atoms with E-state index in [4.69, 9.17) is 9.84 Å².